The molecule has 0 bridgehead atoms. The zero-order valence-corrected chi connectivity index (χ0v) is 12.2. The van der Waals surface area contributed by atoms with Crippen LogP contribution in [0.15, 0.2) is 53.0 Å². The van der Waals surface area contributed by atoms with Gasteiger partial charge in [-0.05, 0) is 29.8 Å². The highest BCUT2D eigenvalue weighted by Gasteiger charge is 2.12. The molecule has 2 rings (SSSR count). The van der Waals surface area contributed by atoms with E-state index in [9.17, 15) is 5.11 Å². The maximum atomic E-state index is 9.58. The van der Waals surface area contributed by atoms with Gasteiger partial charge in [-0.3, -0.25) is 0 Å². The van der Waals surface area contributed by atoms with Crippen molar-refractivity contribution in [3.8, 4) is 5.75 Å². The van der Waals surface area contributed by atoms with E-state index in [1.807, 2.05) is 48.5 Å². The minimum Gasteiger partial charge on any atom is -0.495 e. The summed E-state index contributed by atoms with van der Waals surface area (Å²) >= 11 is 3.44. The number of benzene rings is 2. The lowest BCUT2D eigenvalue weighted by Gasteiger charge is -2.20. The van der Waals surface area contributed by atoms with Gasteiger partial charge in [0.15, 0.2) is 0 Å². The summed E-state index contributed by atoms with van der Waals surface area (Å²) in [6, 6.07) is 15.4. The van der Waals surface area contributed by atoms with E-state index >= 15 is 0 Å². The molecule has 3 nitrogen and oxygen atoms in total. The number of aliphatic hydroxyl groups is 1. The molecule has 0 saturated carbocycles. The molecule has 19 heavy (non-hydrogen) atoms. The molecule has 2 aromatic rings. The Hall–Kier alpha value is -1.52. The first-order chi connectivity index (χ1) is 9.24. The van der Waals surface area contributed by atoms with Gasteiger partial charge in [-0.15, -0.1) is 0 Å². The molecule has 0 saturated heterocycles. The first kappa shape index (κ1) is 13.9. The molecule has 2 N–H and O–H groups in total. The Kier molecular flexibility index (Phi) is 4.82. The second-order valence-electron chi connectivity index (χ2n) is 4.13. The molecule has 1 atom stereocenters. The Morgan fingerprint density at radius 1 is 1.21 bits per heavy atom. The fourth-order valence-corrected chi connectivity index (χ4v) is 2.33. The van der Waals surface area contributed by atoms with Crippen LogP contribution in [0, 0.1) is 0 Å². The maximum Gasteiger partial charge on any atom is 0.141 e. The number of para-hydroxylation sites is 2. The van der Waals surface area contributed by atoms with E-state index in [2.05, 4.69) is 21.2 Å². The monoisotopic (exact) mass is 321 g/mol. The van der Waals surface area contributed by atoms with E-state index in [1.54, 1.807) is 7.11 Å². The van der Waals surface area contributed by atoms with E-state index in [0.29, 0.717) is 0 Å². The van der Waals surface area contributed by atoms with Crippen LogP contribution in [0.4, 0.5) is 5.69 Å². The molecule has 100 valence electrons. The van der Waals surface area contributed by atoms with Crippen LogP contribution in [0.3, 0.4) is 0 Å². The van der Waals surface area contributed by atoms with Gasteiger partial charge in [0.2, 0.25) is 0 Å². The first-order valence-corrected chi connectivity index (χ1v) is 6.79. The maximum absolute atomic E-state index is 9.58. The molecule has 0 heterocycles. The van der Waals surface area contributed by atoms with Gasteiger partial charge in [0.25, 0.3) is 0 Å². The summed E-state index contributed by atoms with van der Waals surface area (Å²) in [5, 5.41) is 12.9. The van der Waals surface area contributed by atoms with E-state index in [4.69, 9.17) is 4.74 Å². The third-order valence-electron chi connectivity index (χ3n) is 2.87. The summed E-state index contributed by atoms with van der Waals surface area (Å²) in [6.07, 6.45) is 0. The van der Waals surface area contributed by atoms with Gasteiger partial charge in [0.1, 0.15) is 5.75 Å². The molecular weight excluding hydrogens is 306 g/mol. The summed E-state index contributed by atoms with van der Waals surface area (Å²) in [6.45, 7) is 0.00843. The van der Waals surface area contributed by atoms with Crippen molar-refractivity contribution < 1.29 is 9.84 Å². The number of methoxy groups -OCH3 is 1. The fourth-order valence-electron chi connectivity index (χ4n) is 1.91. The van der Waals surface area contributed by atoms with Crippen molar-refractivity contribution in [3.05, 3.63) is 58.6 Å². The quantitative estimate of drug-likeness (QED) is 0.884. The lowest BCUT2D eigenvalue weighted by molar-refractivity contribution is 0.276. The number of aliphatic hydroxyl groups excluding tert-OH is 1. The summed E-state index contributed by atoms with van der Waals surface area (Å²) in [5.74, 6) is 0.760. The second-order valence-corrected chi connectivity index (χ2v) is 5.05. The molecule has 0 aliphatic rings. The van der Waals surface area contributed by atoms with Crippen LogP contribution >= 0.6 is 15.9 Å². The van der Waals surface area contributed by atoms with Crippen molar-refractivity contribution in [2.75, 3.05) is 19.0 Å². The van der Waals surface area contributed by atoms with Gasteiger partial charge in [-0.1, -0.05) is 40.2 Å². The predicted octanol–water partition coefficient (Wildman–Crippen LogP) is 3.60. The van der Waals surface area contributed by atoms with E-state index in [0.717, 1.165) is 21.5 Å². The van der Waals surface area contributed by atoms with Crippen LogP contribution in [0.2, 0.25) is 0 Å². The standard InChI is InChI=1S/C15H16BrNO2/c1-19-15-8-3-2-7-13(15)17-14(10-18)11-5-4-6-12(16)9-11/h2-9,14,17-18H,10H2,1H3. The third kappa shape index (κ3) is 3.49. The molecular formula is C15H16BrNO2. The first-order valence-electron chi connectivity index (χ1n) is 6.00. The lowest BCUT2D eigenvalue weighted by atomic mass is 10.1. The normalized spacial score (nSPS) is 11.9. The summed E-state index contributed by atoms with van der Waals surface area (Å²) in [4.78, 5) is 0. The number of anilines is 1. The highest BCUT2D eigenvalue weighted by Crippen LogP contribution is 2.28. The van der Waals surface area contributed by atoms with Gasteiger partial charge >= 0.3 is 0 Å². The second kappa shape index (κ2) is 6.59. The van der Waals surface area contributed by atoms with Crippen molar-refractivity contribution >= 4 is 21.6 Å². The summed E-state index contributed by atoms with van der Waals surface area (Å²) in [7, 11) is 1.63. The van der Waals surface area contributed by atoms with E-state index < -0.39 is 0 Å². The molecule has 4 heteroatoms. The van der Waals surface area contributed by atoms with Crippen LogP contribution in [0.5, 0.6) is 5.75 Å². The Balaban J connectivity index is 2.24. The Morgan fingerprint density at radius 3 is 2.68 bits per heavy atom. The summed E-state index contributed by atoms with van der Waals surface area (Å²) < 4.78 is 6.29. The topological polar surface area (TPSA) is 41.5 Å². The molecule has 0 radical (unpaired) electrons. The molecule has 2 aromatic carbocycles. The van der Waals surface area contributed by atoms with Crippen molar-refractivity contribution in [2.24, 2.45) is 0 Å². The van der Waals surface area contributed by atoms with Crippen molar-refractivity contribution in [1.82, 2.24) is 0 Å². The predicted molar refractivity (Wildman–Crippen MR) is 80.6 cm³/mol. The van der Waals surface area contributed by atoms with Crippen molar-refractivity contribution in [2.45, 2.75) is 6.04 Å². The minimum atomic E-state index is -0.172. The Labute approximate surface area is 121 Å². The van der Waals surface area contributed by atoms with Crippen LogP contribution in [-0.2, 0) is 0 Å². The van der Waals surface area contributed by atoms with Crippen molar-refractivity contribution in [1.29, 1.82) is 0 Å². The highest BCUT2D eigenvalue weighted by atomic mass is 79.9. The number of rotatable bonds is 5. The van der Waals surface area contributed by atoms with Crippen LogP contribution in [0.1, 0.15) is 11.6 Å². The van der Waals surface area contributed by atoms with Crippen molar-refractivity contribution in [3.63, 3.8) is 0 Å². The van der Waals surface area contributed by atoms with Gasteiger partial charge in [0, 0.05) is 4.47 Å². The molecule has 0 aliphatic heterocycles. The zero-order valence-electron chi connectivity index (χ0n) is 10.6. The number of ether oxygens (including phenoxy) is 1. The minimum absolute atomic E-state index is 0.00843. The number of hydrogen-bond donors (Lipinski definition) is 2. The Bertz CT molecular complexity index is 545. The smallest absolute Gasteiger partial charge is 0.141 e. The molecule has 0 spiro atoms. The number of halogens is 1. The number of nitrogens with one attached hydrogen (secondary N) is 1. The lowest BCUT2D eigenvalue weighted by Crippen LogP contribution is -2.15. The van der Waals surface area contributed by atoms with E-state index in [1.165, 1.54) is 0 Å². The molecule has 0 aliphatic carbocycles. The van der Waals surface area contributed by atoms with Crippen LogP contribution < -0.4 is 10.1 Å². The molecule has 0 amide bonds. The fraction of sp³-hybridized carbons (Fsp3) is 0.200. The summed E-state index contributed by atoms with van der Waals surface area (Å²) in [5.41, 5.74) is 1.88. The Morgan fingerprint density at radius 2 is 2.00 bits per heavy atom. The van der Waals surface area contributed by atoms with Crippen LogP contribution in [0.25, 0.3) is 0 Å². The molecule has 1 unspecified atom stereocenters. The SMILES string of the molecule is COc1ccccc1NC(CO)c1cccc(Br)c1. The van der Waals surface area contributed by atoms with Gasteiger partial charge < -0.3 is 15.2 Å². The average Bonchev–Trinajstić information content (AvgIpc) is 2.45. The average molecular weight is 322 g/mol. The van der Waals surface area contributed by atoms with Gasteiger partial charge in [-0.2, -0.15) is 0 Å². The van der Waals surface area contributed by atoms with E-state index in [-0.39, 0.29) is 12.6 Å². The van der Waals surface area contributed by atoms with Gasteiger partial charge in [0.05, 0.1) is 25.4 Å². The largest absolute Gasteiger partial charge is 0.495 e. The highest BCUT2D eigenvalue weighted by molar-refractivity contribution is 9.10. The third-order valence-corrected chi connectivity index (χ3v) is 3.36. The number of hydrogen-bond acceptors (Lipinski definition) is 3. The van der Waals surface area contributed by atoms with Gasteiger partial charge in [-0.25, -0.2) is 0 Å². The van der Waals surface area contributed by atoms with Crippen LogP contribution in [-0.4, -0.2) is 18.8 Å². The zero-order chi connectivity index (χ0) is 13.7. The molecule has 0 fully saturated rings. The molecule has 0 aromatic heterocycles.